The summed E-state index contributed by atoms with van der Waals surface area (Å²) in [5.41, 5.74) is 2.95. The SMILES string of the molecule is CCC(C)(C)c1nnc2ccc(O[C@@H]3CC[C@H](NC(=O)Nc4cc(C(C)(C)C)nc(C(=O)NCCN5CCOCC5)n4)c4ccccc43)cn12. The maximum absolute atomic E-state index is 13.4. The molecule has 266 valence electrons. The number of nitrogens with zero attached hydrogens (tertiary/aromatic N) is 6. The third-order valence-corrected chi connectivity index (χ3v) is 9.64. The summed E-state index contributed by atoms with van der Waals surface area (Å²) >= 11 is 0. The van der Waals surface area contributed by atoms with Crippen LogP contribution in [0.4, 0.5) is 10.6 Å². The Morgan fingerprint density at radius 2 is 1.74 bits per heavy atom. The van der Waals surface area contributed by atoms with E-state index in [2.05, 4.69) is 67.9 Å². The molecular formula is C37H49N9O4. The molecule has 3 aromatic heterocycles. The lowest BCUT2D eigenvalue weighted by Crippen LogP contribution is -2.41. The molecule has 0 spiro atoms. The van der Waals surface area contributed by atoms with Gasteiger partial charge < -0.3 is 20.1 Å². The minimum atomic E-state index is -0.412. The van der Waals surface area contributed by atoms with Gasteiger partial charge in [-0.25, -0.2) is 14.8 Å². The van der Waals surface area contributed by atoms with Crippen molar-refractivity contribution in [2.75, 3.05) is 44.7 Å². The molecule has 0 saturated carbocycles. The van der Waals surface area contributed by atoms with Crippen LogP contribution in [0.1, 0.15) is 106 Å². The smallest absolute Gasteiger partial charge is 0.320 e. The second kappa shape index (κ2) is 14.7. The lowest BCUT2D eigenvalue weighted by molar-refractivity contribution is 0.0383. The maximum Gasteiger partial charge on any atom is 0.320 e. The van der Waals surface area contributed by atoms with Gasteiger partial charge in [-0.2, -0.15) is 0 Å². The van der Waals surface area contributed by atoms with Crippen molar-refractivity contribution < 1.29 is 19.1 Å². The molecule has 13 nitrogen and oxygen atoms in total. The van der Waals surface area contributed by atoms with Gasteiger partial charge in [0.05, 0.1) is 31.1 Å². The number of pyridine rings is 1. The number of carbonyl (C=O) groups is 2. The molecule has 2 aliphatic rings. The Morgan fingerprint density at radius 1 is 0.980 bits per heavy atom. The van der Waals surface area contributed by atoms with E-state index in [4.69, 9.17) is 9.47 Å². The summed E-state index contributed by atoms with van der Waals surface area (Å²) in [4.78, 5) is 37.8. The predicted molar refractivity (Wildman–Crippen MR) is 191 cm³/mol. The zero-order valence-corrected chi connectivity index (χ0v) is 30.0. The Hall–Kier alpha value is -4.62. The molecule has 4 heterocycles. The number of ether oxygens (including phenoxy) is 2. The number of morpholine rings is 1. The molecule has 4 aromatic rings. The minimum Gasteiger partial charge on any atom is -0.484 e. The van der Waals surface area contributed by atoms with E-state index in [0.29, 0.717) is 44.8 Å². The predicted octanol–water partition coefficient (Wildman–Crippen LogP) is 5.34. The van der Waals surface area contributed by atoms with E-state index in [9.17, 15) is 9.59 Å². The van der Waals surface area contributed by atoms with Gasteiger partial charge in [-0.05, 0) is 42.5 Å². The summed E-state index contributed by atoms with van der Waals surface area (Å²) in [7, 11) is 0. The summed E-state index contributed by atoms with van der Waals surface area (Å²) in [6.45, 7) is 16.7. The number of anilines is 1. The second-order valence-electron chi connectivity index (χ2n) is 14.7. The number of aromatic nitrogens is 5. The molecule has 3 amide bonds. The van der Waals surface area contributed by atoms with Crippen molar-refractivity contribution in [1.29, 1.82) is 0 Å². The van der Waals surface area contributed by atoms with E-state index >= 15 is 0 Å². The second-order valence-corrected chi connectivity index (χ2v) is 14.7. The Bertz CT molecular complexity index is 1830. The quantitative estimate of drug-likeness (QED) is 0.201. The van der Waals surface area contributed by atoms with Crippen molar-refractivity contribution in [3.63, 3.8) is 0 Å². The van der Waals surface area contributed by atoms with Gasteiger partial charge in [-0.3, -0.25) is 19.4 Å². The molecule has 6 rings (SSSR count). The standard InChI is InChI=1S/C37H49N9O4/c1-7-37(5,6)34-44-43-31-15-12-24(23-46(31)34)50-28-14-13-27(25-10-8-9-11-26(25)28)39-35(48)42-30-22-29(36(2,3)4)40-32(41-30)33(47)38-16-17-45-18-20-49-21-19-45/h8-12,15,22-23,27-28H,7,13-14,16-21H2,1-6H3,(H,38,47)(H2,39,40,41,42,48)/t27-,28+/m0/s1. The molecule has 1 saturated heterocycles. The van der Waals surface area contributed by atoms with Crippen LogP contribution in [0.2, 0.25) is 0 Å². The van der Waals surface area contributed by atoms with Crippen LogP contribution in [0.3, 0.4) is 0 Å². The summed E-state index contributed by atoms with van der Waals surface area (Å²) in [5, 5.41) is 17.8. The van der Waals surface area contributed by atoms with Gasteiger partial charge in [0, 0.05) is 43.1 Å². The van der Waals surface area contributed by atoms with Gasteiger partial charge in [-0.1, -0.05) is 65.8 Å². The van der Waals surface area contributed by atoms with Crippen molar-refractivity contribution in [1.82, 2.24) is 40.1 Å². The number of rotatable bonds is 10. The van der Waals surface area contributed by atoms with Crippen molar-refractivity contribution in [2.24, 2.45) is 0 Å². The third kappa shape index (κ3) is 8.05. The number of nitrogens with one attached hydrogen (secondary N) is 3. The van der Waals surface area contributed by atoms with Crippen LogP contribution < -0.4 is 20.7 Å². The van der Waals surface area contributed by atoms with Crippen LogP contribution in [0, 0.1) is 0 Å². The number of carbonyl (C=O) groups excluding carboxylic acids is 2. The van der Waals surface area contributed by atoms with Crippen LogP contribution in [0.25, 0.3) is 5.65 Å². The van der Waals surface area contributed by atoms with Crippen molar-refractivity contribution in [2.45, 2.75) is 83.8 Å². The van der Waals surface area contributed by atoms with Gasteiger partial charge in [0.15, 0.2) is 5.65 Å². The van der Waals surface area contributed by atoms with E-state index in [-0.39, 0.29) is 40.5 Å². The molecule has 1 aromatic carbocycles. The van der Waals surface area contributed by atoms with Gasteiger partial charge >= 0.3 is 6.03 Å². The zero-order valence-electron chi connectivity index (χ0n) is 30.0. The van der Waals surface area contributed by atoms with E-state index in [1.165, 1.54) is 0 Å². The molecule has 0 unspecified atom stereocenters. The fraction of sp³-hybridized carbons (Fsp3) is 0.514. The van der Waals surface area contributed by atoms with E-state index < -0.39 is 6.03 Å². The number of urea groups is 1. The average molecular weight is 684 g/mol. The first kappa shape index (κ1) is 35.2. The van der Waals surface area contributed by atoms with Crippen LogP contribution in [-0.4, -0.2) is 80.8 Å². The first-order chi connectivity index (χ1) is 23.9. The first-order valence-corrected chi connectivity index (χ1v) is 17.6. The molecule has 13 heteroatoms. The summed E-state index contributed by atoms with van der Waals surface area (Å²) in [5.74, 6) is 1.53. The van der Waals surface area contributed by atoms with Crippen molar-refractivity contribution in [3.8, 4) is 5.75 Å². The maximum atomic E-state index is 13.4. The lowest BCUT2D eigenvalue weighted by atomic mass is 9.85. The number of hydrogen-bond acceptors (Lipinski definition) is 9. The largest absolute Gasteiger partial charge is 0.484 e. The van der Waals surface area contributed by atoms with Crippen LogP contribution >= 0.6 is 0 Å². The minimum absolute atomic E-state index is 0.0211. The van der Waals surface area contributed by atoms with Crippen molar-refractivity contribution >= 4 is 23.4 Å². The zero-order chi connectivity index (χ0) is 35.5. The summed E-state index contributed by atoms with van der Waals surface area (Å²) in [6.07, 6.45) is 4.08. The van der Waals surface area contributed by atoms with Gasteiger partial charge in [0.1, 0.15) is 23.5 Å². The van der Waals surface area contributed by atoms with E-state index in [1.54, 1.807) is 6.07 Å². The molecule has 50 heavy (non-hydrogen) atoms. The highest BCUT2D eigenvalue weighted by molar-refractivity contribution is 5.92. The monoisotopic (exact) mass is 683 g/mol. The van der Waals surface area contributed by atoms with Crippen LogP contribution in [-0.2, 0) is 15.6 Å². The molecule has 0 radical (unpaired) electrons. The third-order valence-electron chi connectivity index (χ3n) is 9.64. The number of benzene rings is 1. The van der Waals surface area contributed by atoms with Crippen LogP contribution in [0.5, 0.6) is 5.75 Å². The highest BCUT2D eigenvalue weighted by atomic mass is 16.5. The summed E-state index contributed by atoms with van der Waals surface area (Å²) in [6, 6.07) is 13.0. The molecule has 1 fully saturated rings. The molecule has 2 atom stereocenters. The molecule has 3 N–H and O–H groups in total. The van der Waals surface area contributed by atoms with E-state index in [1.807, 2.05) is 61.7 Å². The number of fused-ring (bicyclic) bond motifs is 2. The highest BCUT2D eigenvalue weighted by Gasteiger charge is 2.31. The average Bonchev–Trinajstić information content (AvgIpc) is 3.53. The number of amides is 3. The molecule has 0 bridgehead atoms. The Labute approximate surface area is 293 Å². The van der Waals surface area contributed by atoms with Gasteiger partial charge in [-0.15, -0.1) is 10.2 Å². The topological polar surface area (TPSA) is 148 Å². The summed E-state index contributed by atoms with van der Waals surface area (Å²) < 4.78 is 14.0. The van der Waals surface area contributed by atoms with Gasteiger partial charge in [0.25, 0.3) is 5.91 Å². The molecular weight excluding hydrogens is 634 g/mol. The number of hydrogen-bond donors (Lipinski definition) is 3. The molecule has 1 aliphatic carbocycles. The highest BCUT2D eigenvalue weighted by Crippen LogP contribution is 2.39. The van der Waals surface area contributed by atoms with E-state index in [0.717, 1.165) is 47.9 Å². The fourth-order valence-corrected chi connectivity index (χ4v) is 6.29. The fourth-order valence-electron chi connectivity index (χ4n) is 6.29. The van der Waals surface area contributed by atoms with Crippen molar-refractivity contribution in [3.05, 3.63) is 77.1 Å². The Balaban J connectivity index is 1.13. The first-order valence-electron chi connectivity index (χ1n) is 17.6. The molecule has 1 aliphatic heterocycles. The Morgan fingerprint density at radius 3 is 2.48 bits per heavy atom. The lowest BCUT2D eigenvalue weighted by Gasteiger charge is -2.32. The Kier molecular flexibility index (Phi) is 10.4. The van der Waals surface area contributed by atoms with Crippen LogP contribution in [0.15, 0.2) is 48.7 Å². The van der Waals surface area contributed by atoms with Gasteiger partial charge in [0.2, 0.25) is 5.82 Å². The normalized spacial score (nSPS) is 18.4.